The van der Waals surface area contributed by atoms with E-state index in [1.54, 1.807) is 11.2 Å². The van der Waals surface area contributed by atoms with Gasteiger partial charge in [0.2, 0.25) is 0 Å². The average molecular weight is 363 g/mol. The van der Waals surface area contributed by atoms with Crippen LogP contribution >= 0.6 is 0 Å². The van der Waals surface area contributed by atoms with Crippen molar-refractivity contribution < 1.29 is 9.21 Å². The van der Waals surface area contributed by atoms with Crippen molar-refractivity contribution in [3.63, 3.8) is 0 Å². The van der Waals surface area contributed by atoms with Gasteiger partial charge in [0.25, 0.3) is 0 Å². The molecular weight excluding hydrogens is 338 g/mol. The summed E-state index contributed by atoms with van der Waals surface area (Å²) in [7, 11) is 4.01. The van der Waals surface area contributed by atoms with E-state index < -0.39 is 0 Å². The lowest BCUT2D eigenvalue weighted by Gasteiger charge is -2.23. The molecule has 1 aromatic heterocycles. The lowest BCUT2D eigenvalue weighted by molar-refractivity contribution is 0.201. The summed E-state index contributed by atoms with van der Waals surface area (Å²) in [4.78, 5) is 16.7. The summed E-state index contributed by atoms with van der Waals surface area (Å²) in [6, 6.07) is 19.5. The van der Waals surface area contributed by atoms with Crippen LogP contribution in [0.15, 0.2) is 71.3 Å². The van der Waals surface area contributed by atoms with Gasteiger partial charge in [0, 0.05) is 32.0 Å². The van der Waals surface area contributed by atoms with Crippen LogP contribution in [0, 0.1) is 6.92 Å². The number of furan rings is 1. The van der Waals surface area contributed by atoms with Crippen LogP contribution in [0.3, 0.4) is 0 Å². The topological polar surface area (TPSA) is 48.7 Å². The molecule has 0 aliphatic heterocycles. The van der Waals surface area contributed by atoms with E-state index in [-0.39, 0.29) is 6.03 Å². The van der Waals surface area contributed by atoms with E-state index in [4.69, 9.17) is 4.42 Å². The summed E-state index contributed by atoms with van der Waals surface area (Å²) in [5.74, 6) is 0.749. The Bertz CT molecular complexity index is 871. The van der Waals surface area contributed by atoms with Crippen LogP contribution in [0.25, 0.3) is 0 Å². The molecule has 0 aliphatic rings. The van der Waals surface area contributed by atoms with Crippen molar-refractivity contribution in [3.8, 4) is 0 Å². The van der Waals surface area contributed by atoms with E-state index in [0.29, 0.717) is 13.1 Å². The Morgan fingerprint density at radius 1 is 1.00 bits per heavy atom. The molecule has 140 valence electrons. The summed E-state index contributed by atoms with van der Waals surface area (Å²) in [5.41, 5.74) is 4.07. The molecule has 1 N–H and O–H groups in total. The molecule has 3 aromatic rings. The summed E-state index contributed by atoms with van der Waals surface area (Å²) in [6.07, 6.45) is 1.62. The first-order valence-corrected chi connectivity index (χ1v) is 8.92. The Labute approximate surface area is 160 Å². The molecule has 3 rings (SSSR count). The number of carbonyl (C=O) groups excluding carboxylic acids is 1. The number of hydrogen-bond donors (Lipinski definition) is 1. The van der Waals surface area contributed by atoms with Crippen molar-refractivity contribution in [1.82, 2.24) is 4.90 Å². The van der Waals surface area contributed by atoms with Crippen molar-refractivity contribution >= 4 is 17.4 Å². The largest absolute Gasteiger partial charge is 0.467 e. The first kappa shape index (κ1) is 18.6. The second-order valence-corrected chi connectivity index (χ2v) is 6.80. The minimum Gasteiger partial charge on any atom is -0.467 e. The minimum absolute atomic E-state index is 0.159. The number of amides is 2. The summed E-state index contributed by atoms with van der Waals surface area (Å²) in [6.45, 7) is 2.90. The van der Waals surface area contributed by atoms with Gasteiger partial charge in [-0.3, -0.25) is 0 Å². The van der Waals surface area contributed by atoms with Gasteiger partial charge in [-0.25, -0.2) is 4.79 Å². The SMILES string of the molecule is Cc1cccc(NC(=O)N(Cc2ccc(N(C)C)cc2)Cc2ccco2)c1. The highest BCUT2D eigenvalue weighted by Gasteiger charge is 2.16. The van der Waals surface area contributed by atoms with Crippen molar-refractivity contribution in [2.24, 2.45) is 0 Å². The number of hydrogen-bond acceptors (Lipinski definition) is 3. The van der Waals surface area contributed by atoms with Gasteiger partial charge >= 0.3 is 6.03 Å². The standard InChI is InChI=1S/C22H25N3O2/c1-17-6-4-7-19(14-17)23-22(26)25(16-21-8-5-13-27-21)15-18-9-11-20(12-10-18)24(2)3/h4-14H,15-16H2,1-3H3,(H,23,26). The fourth-order valence-corrected chi connectivity index (χ4v) is 2.84. The molecule has 0 saturated carbocycles. The van der Waals surface area contributed by atoms with Gasteiger partial charge in [-0.2, -0.15) is 0 Å². The molecule has 0 radical (unpaired) electrons. The van der Waals surface area contributed by atoms with Crippen LogP contribution in [-0.2, 0) is 13.1 Å². The predicted molar refractivity (Wildman–Crippen MR) is 109 cm³/mol. The maximum Gasteiger partial charge on any atom is 0.322 e. The highest BCUT2D eigenvalue weighted by molar-refractivity contribution is 5.89. The summed E-state index contributed by atoms with van der Waals surface area (Å²) in [5, 5.41) is 2.98. The second-order valence-electron chi connectivity index (χ2n) is 6.80. The Morgan fingerprint density at radius 3 is 2.41 bits per heavy atom. The van der Waals surface area contributed by atoms with E-state index in [2.05, 4.69) is 22.3 Å². The van der Waals surface area contributed by atoms with Gasteiger partial charge in [-0.1, -0.05) is 24.3 Å². The molecule has 5 nitrogen and oxygen atoms in total. The number of nitrogens with one attached hydrogen (secondary N) is 1. The van der Waals surface area contributed by atoms with Crippen molar-refractivity contribution in [1.29, 1.82) is 0 Å². The third-order valence-electron chi connectivity index (χ3n) is 4.31. The third-order valence-corrected chi connectivity index (χ3v) is 4.31. The quantitative estimate of drug-likeness (QED) is 0.678. The molecule has 2 aromatic carbocycles. The molecule has 1 heterocycles. The fraction of sp³-hybridized carbons (Fsp3) is 0.227. The van der Waals surface area contributed by atoms with Gasteiger partial charge in [0.1, 0.15) is 5.76 Å². The normalized spacial score (nSPS) is 10.5. The molecule has 0 bridgehead atoms. The van der Waals surface area contributed by atoms with Crippen LogP contribution in [0.2, 0.25) is 0 Å². The van der Waals surface area contributed by atoms with E-state index >= 15 is 0 Å². The van der Waals surface area contributed by atoms with Crippen LogP contribution < -0.4 is 10.2 Å². The molecule has 0 aliphatic carbocycles. The molecular formula is C22H25N3O2. The first-order valence-electron chi connectivity index (χ1n) is 8.92. The van der Waals surface area contributed by atoms with Crippen molar-refractivity contribution in [2.45, 2.75) is 20.0 Å². The second kappa shape index (κ2) is 8.45. The van der Waals surface area contributed by atoms with Crippen LogP contribution in [0.4, 0.5) is 16.2 Å². The number of aryl methyl sites for hydroxylation is 1. The zero-order valence-electron chi connectivity index (χ0n) is 16.0. The zero-order valence-corrected chi connectivity index (χ0v) is 16.0. The maximum absolute atomic E-state index is 12.9. The molecule has 5 heteroatoms. The van der Waals surface area contributed by atoms with Crippen molar-refractivity contribution in [3.05, 3.63) is 83.8 Å². The summed E-state index contributed by atoms with van der Waals surface area (Å²) >= 11 is 0. The molecule has 0 unspecified atom stereocenters. The summed E-state index contributed by atoms with van der Waals surface area (Å²) < 4.78 is 5.44. The highest BCUT2D eigenvalue weighted by atomic mass is 16.3. The number of anilines is 2. The minimum atomic E-state index is -0.159. The molecule has 0 atom stereocenters. The molecule has 0 fully saturated rings. The van der Waals surface area contributed by atoms with E-state index in [9.17, 15) is 4.79 Å². The van der Waals surface area contributed by atoms with Gasteiger partial charge in [-0.15, -0.1) is 0 Å². The van der Waals surface area contributed by atoms with Gasteiger partial charge in [0.05, 0.1) is 12.8 Å². The fourth-order valence-electron chi connectivity index (χ4n) is 2.84. The molecule has 27 heavy (non-hydrogen) atoms. The number of carbonyl (C=O) groups is 1. The average Bonchev–Trinajstić information content (AvgIpc) is 3.15. The zero-order chi connectivity index (χ0) is 19.2. The third kappa shape index (κ3) is 5.14. The Morgan fingerprint density at radius 2 is 1.78 bits per heavy atom. The lowest BCUT2D eigenvalue weighted by atomic mass is 10.2. The first-order chi connectivity index (χ1) is 13.0. The van der Waals surface area contributed by atoms with Crippen molar-refractivity contribution in [2.75, 3.05) is 24.3 Å². The Balaban J connectivity index is 1.76. The number of rotatable bonds is 6. The van der Waals surface area contributed by atoms with Crippen LogP contribution in [0.5, 0.6) is 0 Å². The van der Waals surface area contributed by atoms with E-state index in [0.717, 1.165) is 28.3 Å². The van der Waals surface area contributed by atoms with Gasteiger partial charge in [0.15, 0.2) is 0 Å². The molecule has 0 spiro atoms. The number of benzene rings is 2. The highest BCUT2D eigenvalue weighted by Crippen LogP contribution is 2.17. The monoisotopic (exact) mass is 363 g/mol. The van der Waals surface area contributed by atoms with Gasteiger partial charge < -0.3 is 19.5 Å². The predicted octanol–water partition coefficient (Wildman–Crippen LogP) is 4.89. The van der Waals surface area contributed by atoms with E-state index in [1.165, 1.54) is 0 Å². The smallest absolute Gasteiger partial charge is 0.322 e. The lowest BCUT2D eigenvalue weighted by Crippen LogP contribution is -2.34. The number of urea groups is 1. The number of nitrogens with zero attached hydrogens (tertiary/aromatic N) is 2. The molecule has 0 saturated heterocycles. The van der Waals surface area contributed by atoms with Crippen LogP contribution in [-0.4, -0.2) is 25.0 Å². The van der Waals surface area contributed by atoms with Crippen LogP contribution in [0.1, 0.15) is 16.9 Å². The van der Waals surface area contributed by atoms with Gasteiger partial charge in [-0.05, 0) is 54.4 Å². The van der Waals surface area contributed by atoms with E-state index in [1.807, 2.05) is 69.6 Å². The Kier molecular flexibility index (Phi) is 5.81. The Hall–Kier alpha value is -3.21. The maximum atomic E-state index is 12.9. The molecule has 2 amide bonds.